The zero-order valence-corrected chi connectivity index (χ0v) is 15.1. The highest BCUT2D eigenvalue weighted by Gasteiger charge is 2.16. The molecule has 0 unspecified atom stereocenters. The first-order valence-corrected chi connectivity index (χ1v) is 9.17. The Morgan fingerprint density at radius 2 is 2.04 bits per heavy atom. The molecule has 0 bridgehead atoms. The number of rotatable bonds is 7. The third-order valence-electron chi connectivity index (χ3n) is 4.43. The molecule has 10 heteroatoms. The smallest absolute Gasteiger partial charge is 0.324 e. The van der Waals surface area contributed by atoms with Gasteiger partial charge < -0.3 is 15.7 Å². The number of urea groups is 1. The highest BCUT2D eigenvalue weighted by atomic mass is 16.3. The summed E-state index contributed by atoms with van der Waals surface area (Å²) in [6.07, 6.45) is 10.9. The Kier molecular flexibility index (Phi) is 6.42. The topological polar surface area (TPSA) is 126 Å². The molecule has 0 saturated heterocycles. The quantitative estimate of drug-likeness (QED) is 0.581. The van der Waals surface area contributed by atoms with Crippen LogP contribution in [0.3, 0.4) is 0 Å². The summed E-state index contributed by atoms with van der Waals surface area (Å²) in [6, 6.07) is 1.77. The number of carbonyl (C=O) groups excluding carboxylic acids is 2. The van der Waals surface area contributed by atoms with E-state index in [9.17, 15) is 9.59 Å². The van der Waals surface area contributed by atoms with E-state index in [4.69, 9.17) is 5.11 Å². The van der Waals surface area contributed by atoms with E-state index < -0.39 is 6.03 Å². The molecule has 1 aliphatic rings. The third-order valence-corrected chi connectivity index (χ3v) is 4.43. The summed E-state index contributed by atoms with van der Waals surface area (Å²) in [5.74, 6) is 0.227. The van der Waals surface area contributed by atoms with Crippen LogP contribution in [0.2, 0.25) is 0 Å². The van der Waals surface area contributed by atoms with E-state index in [1.807, 2.05) is 10.9 Å². The van der Waals surface area contributed by atoms with E-state index in [-0.39, 0.29) is 25.6 Å². The Hall–Kier alpha value is -2.88. The minimum absolute atomic E-state index is 0.00902. The normalized spacial score (nSPS) is 14.7. The minimum Gasteiger partial charge on any atom is -0.395 e. The average molecular weight is 375 g/mol. The first kappa shape index (κ1) is 18.9. The van der Waals surface area contributed by atoms with Crippen LogP contribution in [0, 0.1) is 0 Å². The molecule has 1 fully saturated rings. The van der Waals surface area contributed by atoms with Crippen molar-refractivity contribution in [3.8, 4) is 0 Å². The number of hydrogen-bond acceptors (Lipinski definition) is 5. The molecule has 1 aliphatic carbocycles. The van der Waals surface area contributed by atoms with Crippen LogP contribution in [0.15, 0.2) is 24.7 Å². The molecule has 3 amide bonds. The summed E-state index contributed by atoms with van der Waals surface area (Å²) in [5, 5.41) is 25.0. The van der Waals surface area contributed by atoms with Crippen molar-refractivity contribution in [2.75, 3.05) is 23.8 Å². The van der Waals surface area contributed by atoms with Crippen LogP contribution < -0.4 is 16.0 Å². The molecule has 0 aromatic carbocycles. The molecule has 0 spiro atoms. The zero-order chi connectivity index (χ0) is 19.1. The Morgan fingerprint density at radius 1 is 1.22 bits per heavy atom. The molecule has 10 nitrogen and oxygen atoms in total. The molecule has 0 atom stereocenters. The largest absolute Gasteiger partial charge is 0.395 e. The molecular weight excluding hydrogens is 350 g/mol. The first-order valence-electron chi connectivity index (χ1n) is 9.17. The highest BCUT2D eigenvalue weighted by Crippen LogP contribution is 2.27. The first-order chi connectivity index (χ1) is 13.1. The molecule has 1 saturated carbocycles. The number of aliphatic hydroxyl groups excluding tert-OH is 1. The number of nitrogens with zero attached hydrogens (tertiary/aromatic N) is 4. The van der Waals surface area contributed by atoms with Crippen LogP contribution in [0.5, 0.6) is 0 Å². The van der Waals surface area contributed by atoms with Crippen molar-refractivity contribution >= 4 is 23.4 Å². The van der Waals surface area contributed by atoms with Crippen LogP contribution in [-0.4, -0.2) is 49.8 Å². The lowest BCUT2D eigenvalue weighted by Crippen LogP contribution is -2.30. The van der Waals surface area contributed by atoms with Gasteiger partial charge in [0.25, 0.3) is 0 Å². The molecule has 2 heterocycles. The van der Waals surface area contributed by atoms with Crippen molar-refractivity contribution < 1.29 is 14.7 Å². The van der Waals surface area contributed by atoms with E-state index in [1.54, 1.807) is 12.3 Å². The van der Waals surface area contributed by atoms with Gasteiger partial charge in [0, 0.05) is 25.0 Å². The fourth-order valence-electron chi connectivity index (χ4n) is 3.15. The molecule has 27 heavy (non-hydrogen) atoms. The van der Waals surface area contributed by atoms with Crippen molar-refractivity contribution in [3.05, 3.63) is 24.7 Å². The van der Waals surface area contributed by atoms with Gasteiger partial charge in [0.2, 0.25) is 5.91 Å². The van der Waals surface area contributed by atoms with Gasteiger partial charge in [-0.3, -0.25) is 19.5 Å². The van der Waals surface area contributed by atoms with Crippen molar-refractivity contribution in [1.29, 1.82) is 0 Å². The molecule has 0 radical (unpaired) electrons. The van der Waals surface area contributed by atoms with Gasteiger partial charge in [0.05, 0.1) is 24.5 Å². The number of amides is 3. The number of aromatic nitrogens is 4. The zero-order valence-electron chi connectivity index (χ0n) is 15.1. The van der Waals surface area contributed by atoms with E-state index in [0.717, 1.165) is 12.8 Å². The Labute approximate surface area is 156 Å². The molecule has 4 N–H and O–H groups in total. The van der Waals surface area contributed by atoms with Crippen LogP contribution in [-0.2, 0) is 11.3 Å². The van der Waals surface area contributed by atoms with Gasteiger partial charge in [0.1, 0.15) is 6.54 Å². The highest BCUT2D eigenvalue weighted by molar-refractivity contribution is 5.98. The van der Waals surface area contributed by atoms with Crippen LogP contribution in [0.1, 0.15) is 38.1 Å². The lowest BCUT2D eigenvalue weighted by Gasteiger charge is -2.21. The Morgan fingerprint density at radius 3 is 2.81 bits per heavy atom. The average Bonchev–Trinajstić information content (AvgIpc) is 3.30. The number of carbonyl (C=O) groups is 2. The second-order valence-corrected chi connectivity index (χ2v) is 6.55. The Bertz CT molecular complexity index is 764. The standard InChI is InChI=1S/C17H25N7O3/c25-9-7-18-16(26)12-23-11-13(10-19-23)20-17(27)21-15-6-8-24(22-15)14-4-2-1-3-5-14/h6,8,10-11,14,25H,1-5,7,9,12H2,(H,18,26)(H2,20,21,22,27). The summed E-state index contributed by atoms with van der Waals surface area (Å²) in [7, 11) is 0. The number of anilines is 2. The van der Waals surface area contributed by atoms with E-state index >= 15 is 0 Å². The SMILES string of the molecule is O=C(Cn1cc(NC(=O)Nc2ccn(C3CCCCC3)n2)cn1)NCCO. The second-order valence-electron chi connectivity index (χ2n) is 6.55. The number of hydrogen-bond donors (Lipinski definition) is 4. The van der Waals surface area contributed by atoms with Gasteiger partial charge in [0.15, 0.2) is 5.82 Å². The van der Waals surface area contributed by atoms with Gasteiger partial charge >= 0.3 is 6.03 Å². The molecule has 3 rings (SSSR count). The molecular formula is C17H25N7O3. The number of aliphatic hydroxyl groups is 1. The van der Waals surface area contributed by atoms with E-state index in [2.05, 4.69) is 26.1 Å². The predicted molar refractivity (Wildman–Crippen MR) is 99.3 cm³/mol. The van der Waals surface area contributed by atoms with Crippen molar-refractivity contribution in [2.45, 2.75) is 44.7 Å². The maximum Gasteiger partial charge on any atom is 0.324 e. The molecule has 2 aromatic heterocycles. The van der Waals surface area contributed by atoms with Gasteiger partial charge in [-0.05, 0) is 12.8 Å². The van der Waals surface area contributed by atoms with Crippen LogP contribution >= 0.6 is 0 Å². The van der Waals surface area contributed by atoms with Gasteiger partial charge in [-0.15, -0.1) is 0 Å². The summed E-state index contributed by atoms with van der Waals surface area (Å²) in [5.41, 5.74) is 0.467. The lowest BCUT2D eigenvalue weighted by molar-refractivity contribution is -0.122. The summed E-state index contributed by atoms with van der Waals surface area (Å²) in [4.78, 5) is 23.7. The monoisotopic (exact) mass is 375 g/mol. The lowest BCUT2D eigenvalue weighted by atomic mass is 9.96. The second kappa shape index (κ2) is 9.17. The summed E-state index contributed by atoms with van der Waals surface area (Å²) in [6.45, 7) is 0.0878. The fraction of sp³-hybridized carbons (Fsp3) is 0.529. The minimum atomic E-state index is -0.423. The maximum atomic E-state index is 12.1. The number of nitrogens with one attached hydrogen (secondary N) is 3. The van der Waals surface area contributed by atoms with E-state index in [1.165, 1.54) is 30.1 Å². The maximum absolute atomic E-state index is 12.1. The summed E-state index contributed by atoms with van der Waals surface area (Å²) >= 11 is 0. The van der Waals surface area contributed by atoms with Crippen LogP contribution in [0.4, 0.5) is 16.3 Å². The van der Waals surface area contributed by atoms with E-state index in [0.29, 0.717) is 17.5 Å². The molecule has 0 aliphatic heterocycles. The fourth-order valence-corrected chi connectivity index (χ4v) is 3.15. The van der Waals surface area contributed by atoms with Gasteiger partial charge in [-0.2, -0.15) is 10.2 Å². The van der Waals surface area contributed by atoms with Crippen molar-refractivity contribution in [1.82, 2.24) is 24.9 Å². The van der Waals surface area contributed by atoms with Gasteiger partial charge in [-0.1, -0.05) is 19.3 Å². The van der Waals surface area contributed by atoms with Crippen molar-refractivity contribution in [2.24, 2.45) is 0 Å². The Balaban J connectivity index is 1.48. The predicted octanol–water partition coefficient (Wildman–Crippen LogP) is 1.34. The van der Waals surface area contributed by atoms with Crippen LogP contribution in [0.25, 0.3) is 0 Å². The van der Waals surface area contributed by atoms with Gasteiger partial charge in [-0.25, -0.2) is 4.79 Å². The molecule has 146 valence electrons. The molecule has 2 aromatic rings. The summed E-state index contributed by atoms with van der Waals surface area (Å²) < 4.78 is 3.33. The third kappa shape index (κ3) is 5.55. The van der Waals surface area contributed by atoms with Crippen molar-refractivity contribution in [3.63, 3.8) is 0 Å².